The molecule has 1 saturated carbocycles. The summed E-state index contributed by atoms with van der Waals surface area (Å²) in [5.74, 6) is 0. The van der Waals surface area contributed by atoms with E-state index < -0.39 is 0 Å². The molecule has 5 heteroatoms. The van der Waals surface area contributed by atoms with E-state index in [1.165, 1.54) is 32.1 Å². The number of rotatable bonds is 2. The molecule has 1 aliphatic carbocycles. The summed E-state index contributed by atoms with van der Waals surface area (Å²) in [6.07, 6.45) is 10.6. The lowest BCUT2D eigenvalue weighted by molar-refractivity contribution is 0.0811. The summed E-state index contributed by atoms with van der Waals surface area (Å²) in [5, 5.41) is 2.87. The van der Waals surface area contributed by atoms with Gasteiger partial charge in [-0.25, -0.2) is 4.79 Å². The molecule has 2 amide bonds. The molecule has 3 rings (SSSR count). The van der Waals surface area contributed by atoms with Crippen LogP contribution in [-0.2, 0) is 6.54 Å². The normalized spacial score (nSPS) is 20.8. The van der Waals surface area contributed by atoms with Gasteiger partial charge in [0.05, 0.1) is 0 Å². The van der Waals surface area contributed by atoms with Gasteiger partial charge in [-0.15, -0.1) is 0 Å². The number of piperidine rings is 1. The molecule has 0 bridgehead atoms. The highest BCUT2D eigenvalue weighted by Gasteiger charge is 2.36. The zero-order valence-electron chi connectivity index (χ0n) is 13.1. The van der Waals surface area contributed by atoms with E-state index in [9.17, 15) is 9.59 Å². The van der Waals surface area contributed by atoms with Gasteiger partial charge in [-0.1, -0.05) is 25.3 Å². The third-order valence-electron chi connectivity index (χ3n) is 5.36. The minimum absolute atomic E-state index is 0.0473. The summed E-state index contributed by atoms with van der Waals surface area (Å²) >= 11 is 0. The number of aromatic nitrogens is 1. The van der Waals surface area contributed by atoms with Gasteiger partial charge in [0.15, 0.2) is 0 Å². The van der Waals surface area contributed by atoms with Crippen LogP contribution in [0.25, 0.3) is 0 Å². The van der Waals surface area contributed by atoms with Gasteiger partial charge in [0, 0.05) is 31.4 Å². The largest absolute Gasteiger partial charge is 0.334 e. The van der Waals surface area contributed by atoms with E-state index in [2.05, 4.69) is 10.3 Å². The molecule has 0 atom stereocenters. The molecular weight excluding hydrogens is 278 g/mol. The van der Waals surface area contributed by atoms with Crippen LogP contribution in [0.4, 0.5) is 4.79 Å². The van der Waals surface area contributed by atoms with Gasteiger partial charge in [0.1, 0.15) is 0 Å². The fraction of sp³-hybridized carbons (Fsp3) is 0.647. The van der Waals surface area contributed by atoms with Crippen molar-refractivity contribution in [2.24, 2.45) is 5.41 Å². The number of nitrogens with one attached hydrogen (secondary N) is 2. The van der Waals surface area contributed by atoms with Crippen molar-refractivity contribution in [3.05, 3.63) is 34.2 Å². The number of urea groups is 1. The maximum atomic E-state index is 12.3. The highest BCUT2D eigenvalue weighted by molar-refractivity contribution is 5.74. The lowest BCUT2D eigenvalue weighted by atomic mass is 9.68. The van der Waals surface area contributed by atoms with Crippen LogP contribution in [0.15, 0.2) is 23.1 Å². The molecule has 1 aromatic rings. The topological polar surface area (TPSA) is 65.2 Å². The summed E-state index contributed by atoms with van der Waals surface area (Å²) in [7, 11) is 0. The quantitative estimate of drug-likeness (QED) is 0.882. The maximum Gasteiger partial charge on any atom is 0.317 e. The summed E-state index contributed by atoms with van der Waals surface area (Å²) in [6.45, 7) is 1.98. The van der Waals surface area contributed by atoms with E-state index in [4.69, 9.17) is 0 Å². The Bertz CT molecular complexity index is 565. The predicted molar refractivity (Wildman–Crippen MR) is 85.6 cm³/mol. The van der Waals surface area contributed by atoms with Crippen LogP contribution < -0.4 is 10.9 Å². The number of likely N-dealkylation sites (tertiary alicyclic amines) is 1. The Morgan fingerprint density at radius 1 is 1.18 bits per heavy atom. The van der Waals surface area contributed by atoms with Crippen molar-refractivity contribution in [3.8, 4) is 0 Å². The maximum absolute atomic E-state index is 12.3. The SMILES string of the molecule is O=C(NCc1ccc[nH]c1=O)N1CCC2(CCCCC2)CC1. The van der Waals surface area contributed by atoms with Crippen LogP contribution in [-0.4, -0.2) is 29.0 Å². The van der Waals surface area contributed by atoms with Crippen LogP contribution in [0.3, 0.4) is 0 Å². The lowest BCUT2D eigenvalue weighted by Gasteiger charge is -2.44. The first kappa shape index (κ1) is 15.1. The Balaban J connectivity index is 1.50. The van der Waals surface area contributed by atoms with E-state index in [0.29, 0.717) is 11.0 Å². The number of carbonyl (C=O) groups excluding carboxylic acids is 1. The Morgan fingerprint density at radius 2 is 1.91 bits per heavy atom. The van der Waals surface area contributed by atoms with Crippen molar-refractivity contribution in [3.63, 3.8) is 0 Å². The molecule has 1 aromatic heterocycles. The standard InChI is InChI=1S/C17H25N3O2/c21-15-14(5-4-10-18-15)13-19-16(22)20-11-8-17(9-12-20)6-2-1-3-7-17/h4-5,10H,1-3,6-9,11-13H2,(H,18,21)(H,19,22). The molecule has 2 heterocycles. The molecule has 0 unspecified atom stereocenters. The number of amides is 2. The average molecular weight is 303 g/mol. The van der Waals surface area contributed by atoms with Gasteiger partial charge in [-0.3, -0.25) is 4.79 Å². The fourth-order valence-electron chi connectivity index (χ4n) is 3.86. The number of hydrogen-bond acceptors (Lipinski definition) is 2. The highest BCUT2D eigenvalue weighted by Crippen LogP contribution is 2.44. The fourth-order valence-corrected chi connectivity index (χ4v) is 3.86. The van der Waals surface area contributed by atoms with Crippen molar-refractivity contribution < 1.29 is 4.79 Å². The number of carbonyl (C=O) groups is 1. The zero-order valence-corrected chi connectivity index (χ0v) is 13.1. The number of hydrogen-bond donors (Lipinski definition) is 2. The molecule has 0 radical (unpaired) electrons. The Kier molecular flexibility index (Phi) is 4.50. The monoisotopic (exact) mass is 303 g/mol. The Labute approximate surface area is 131 Å². The molecule has 5 nitrogen and oxygen atoms in total. The van der Waals surface area contributed by atoms with Crippen molar-refractivity contribution >= 4 is 6.03 Å². The third kappa shape index (κ3) is 3.34. The smallest absolute Gasteiger partial charge is 0.317 e. The van der Waals surface area contributed by atoms with Gasteiger partial charge in [-0.05, 0) is 37.2 Å². The van der Waals surface area contributed by atoms with Gasteiger partial charge >= 0.3 is 6.03 Å². The van der Waals surface area contributed by atoms with Gasteiger partial charge in [0.2, 0.25) is 0 Å². The minimum atomic E-state index is -0.136. The number of aromatic amines is 1. The summed E-state index contributed by atoms with van der Waals surface area (Å²) in [5.41, 5.74) is 0.963. The number of nitrogens with zero attached hydrogens (tertiary/aromatic N) is 1. The average Bonchev–Trinajstić information content (AvgIpc) is 2.55. The molecule has 0 aromatic carbocycles. The van der Waals surface area contributed by atoms with Gasteiger partial charge < -0.3 is 15.2 Å². The summed E-state index contributed by atoms with van der Waals surface area (Å²) in [6, 6.07) is 3.47. The van der Waals surface area contributed by atoms with Crippen LogP contribution in [0.1, 0.15) is 50.5 Å². The van der Waals surface area contributed by atoms with Crippen molar-refractivity contribution in [1.29, 1.82) is 0 Å². The molecule has 2 aliphatic rings. The van der Waals surface area contributed by atoms with E-state index in [-0.39, 0.29) is 18.1 Å². The zero-order chi connectivity index (χ0) is 15.4. The van der Waals surface area contributed by atoms with E-state index >= 15 is 0 Å². The molecule has 2 fully saturated rings. The second kappa shape index (κ2) is 6.55. The van der Waals surface area contributed by atoms with Gasteiger partial charge in [0.25, 0.3) is 5.56 Å². The molecule has 1 saturated heterocycles. The van der Waals surface area contributed by atoms with Crippen LogP contribution in [0.2, 0.25) is 0 Å². The van der Waals surface area contributed by atoms with Crippen molar-refractivity contribution in [1.82, 2.24) is 15.2 Å². The summed E-state index contributed by atoms with van der Waals surface area (Å²) < 4.78 is 0. The molecule has 1 spiro atoms. The second-order valence-corrected chi connectivity index (χ2v) is 6.73. The summed E-state index contributed by atoms with van der Waals surface area (Å²) in [4.78, 5) is 28.4. The van der Waals surface area contributed by atoms with Gasteiger partial charge in [-0.2, -0.15) is 0 Å². The Hall–Kier alpha value is -1.78. The lowest BCUT2D eigenvalue weighted by Crippen LogP contribution is -2.47. The molecule has 120 valence electrons. The first-order valence-corrected chi connectivity index (χ1v) is 8.38. The molecule has 2 N–H and O–H groups in total. The highest BCUT2D eigenvalue weighted by atomic mass is 16.2. The Morgan fingerprint density at radius 3 is 2.59 bits per heavy atom. The number of H-pyrrole nitrogens is 1. The molecule has 1 aliphatic heterocycles. The number of pyridine rings is 1. The first-order valence-electron chi connectivity index (χ1n) is 8.38. The van der Waals surface area contributed by atoms with Crippen LogP contribution in [0, 0.1) is 5.41 Å². The minimum Gasteiger partial charge on any atom is -0.334 e. The second-order valence-electron chi connectivity index (χ2n) is 6.73. The first-order chi connectivity index (χ1) is 10.7. The van der Waals surface area contributed by atoms with Crippen molar-refractivity contribution in [2.45, 2.75) is 51.5 Å². The van der Waals surface area contributed by atoms with E-state index in [1.807, 2.05) is 4.90 Å². The predicted octanol–water partition coefficient (Wildman–Crippen LogP) is 2.63. The molecule has 22 heavy (non-hydrogen) atoms. The third-order valence-corrected chi connectivity index (χ3v) is 5.36. The molecular formula is C17H25N3O2. The van der Waals surface area contributed by atoms with Crippen LogP contribution in [0.5, 0.6) is 0 Å². The van der Waals surface area contributed by atoms with Crippen LogP contribution >= 0.6 is 0 Å². The van der Waals surface area contributed by atoms with E-state index in [1.54, 1.807) is 18.3 Å². The van der Waals surface area contributed by atoms with E-state index in [0.717, 1.165) is 25.9 Å². The van der Waals surface area contributed by atoms with Crippen molar-refractivity contribution in [2.75, 3.05) is 13.1 Å².